The van der Waals surface area contributed by atoms with Gasteiger partial charge in [-0.05, 0) is 25.1 Å². The van der Waals surface area contributed by atoms with E-state index in [2.05, 4.69) is 5.32 Å². The van der Waals surface area contributed by atoms with Crippen molar-refractivity contribution in [2.75, 3.05) is 20.2 Å². The molecule has 0 amide bonds. The number of methoxy groups -OCH3 is 1. The number of hydrogen-bond acceptors (Lipinski definition) is 3. The third-order valence-electron chi connectivity index (χ3n) is 2.82. The molecule has 82 valence electrons. The van der Waals surface area contributed by atoms with Crippen LogP contribution in [0.3, 0.4) is 0 Å². The predicted octanol–water partition coefficient (Wildman–Crippen LogP) is 1.62. The lowest BCUT2D eigenvalue weighted by Gasteiger charge is -2.14. The van der Waals surface area contributed by atoms with Crippen LogP contribution >= 0.6 is 0 Å². The fraction of sp³-hybridized carbons (Fsp3) is 0.455. The fourth-order valence-corrected chi connectivity index (χ4v) is 2.02. The zero-order chi connectivity index (χ0) is 10.8. The summed E-state index contributed by atoms with van der Waals surface area (Å²) in [6.45, 7) is 1.57. The number of benzene rings is 1. The summed E-state index contributed by atoms with van der Waals surface area (Å²) in [7, 11) is 1.46. The fourth-order valence-electron chi connectivity index (χ4n) is 2.02. The maximum absolute atomic E-state index is 13.6. The Balaban J connectivity index is 2.43. The summed E-state index contributed by atoms with van der Waals surface area (Å²) in [6, 6.07) is 2.78. The van der Waals surface area contributed by atoms with Crippen LogP contribution in [0.4, 0.5) is 4.39 Å². The highest BCUT2D eigenvalue weighted by Gasteiger charge is 2.25. The third-order valence-corrected chi connectivity index (χ3v) is 2.82. The first kappa shape index (κ1) is 10.2. The van der Waals surface area contributed by atoms with Gasteiger partial charge >= 0.3 is 0 Å². The lowest BCUT2D eigenvalue weighted by molar-refractivity contribution is 0.364. The smallest absolute Gasteiger partial charge is 0.164 e. The van der Waals surface area contributed by atoms with Gasteiger partial charge in [0.25, 0.3) is 0 Å². The van der Waals surface area contributed by atoms with E-state index in [-0.39, 0.29) is 17.5 Å². The molecule has 0 radical (unpaired) electrons. The molecule has 1 aliphatic rings. The molecule has 1 aliphatic heterocycles. The number of ether oxygens (including phenoxy) is 1. The van der Waals surface area contributed by atoms with E-state index in [9.17, 15) is 9.50 Å². The van der Waals surface area contributed by atoms with Crippen LogP contribution < -0.4 is 10.1 Å². The second-order valence-electron chi connectivity index (χ2n) is 3.70. The molecular weight excluding hydrogens is 197 g/mol. The Labute approximate surface area is 87.9 Å². The Morgan fingerprint density at radius 1 is 1.53 bits per heavy atom. The lowest BCUT2D eigenvalue weighted by Crippen LogP contribution is -2.09. The molecule has 1 saturated heterocycles. The second kappa shape index (κ2) is 4.06. The van der Waals surface area contributed by atoms with Crippen LogP contribution in [0.2, 0.25) is 0 Å². The Kier molecular flexibility index (Phi) is 2.77. The molecule has 0 aromatic heterocycles. The molecule has 0 bridgehead atoms. The van der Waals surface area contributed by atoms with Gasteiger partial charge < -0.3 is 15.2 Å². The third kappa shape index (κ3) is 1.77. The first-order valence-corrected chi connectivity index (χ1v) is 5.00. The highest BCUT2D eigenvalue weighted by Crippen LogP contribution is 2.38. The molecule has 1 unspecified atom stereocenters. The normalized spacial score (nSPS) is 20.5. The molecule has 1 fully saturated rings. The molecule has 2 N–H and O–H groups in total. The summed E-state index contributed by atoms with van der Waals surface area (Å²) < 4.78 is 18.5. The number of phenols is 1. The minimum atomic E-state index is -0.359. The van der Waals surface area contributed by atoms with Gasteiger partial charge in [-0.2, -0.15) is 0 Å². The van der Waals surface area contributed by atoms with Crippen molar-refractivity contribution in [3.05, 3.63) is 23.5 Å². The van der Waals surface area contributed by atoms with Crippen molar-refractivity contribution in [2.24, 2.45) is 0 Å². The van der Waals surface area contributed by atoms with E-state index in [1.165, 1.54) is 19.2 Å². The summed E-state index contributed by atoms with van der Waals surface area (Å²) >= 11 is 0. The predicted molar refractivity (Wildman–Crippen MR) is 54.8 cm³/mol. The van der Waals surface area contributed by atoms with Crippen molar-refractivity contribution >= 4 is 0 Å². The summed E-state index contributed by atoms with van der Waals surface area (Å²) in [6.07, 6.45) is 0.845. The SMILES string of the molecule is COc1ccc(F)c(C2CCNC2)c1O. The van der Waals surface area contributed by atoms with E-state index in [1.807, 2.05) is 0 Å². The monoisotopic (exact) mass is 211 g/mol. The molecule has 3 nitrogen and oxygen atoms in total. The van der Waals surface area contributed by atoms with Gasteiger partial charge in [-0.25, -0.2) is 4.39 Å². The van der Waals surface area contributed by atoms with Gasteiger partial charge in [-0.15, -0.1) is 0 Å². The van der Waals surface area contributed by atoms with Crippen LogP contribution in [0.15, 0.2) is 12.1 Å². The van der Waals surface area contributed by atoms with Crippen LogP contribution in [-0.2, 0) is 0 Å². The molecule has 0 spiro atoms. The van der Waals surface area contributed by atoms with E-state index < -0.39 is 0 Å². The average molecular weight is 211 g/mol. The largest absolute Gasteiger partial charge is 0.504 e. The minimum Gasteiger partial charge on any atom is -0.504 e. The van der Waals surface area contributed by atoms with E-state index in [1.54, 1.807) is 0 Å². The van der Waals surface area contributed by atoms with E-state index >= 15 is 0 Å². The number of phenolic OH excluding ortho intramolecular Hbond substituents is 1. The molecule has 1 heterocycles. The zero-order valence-corrected chi connectivity index (χ0v) is 8.59. The standard InChI is InChI=1S/C11H14FNO2/c1-15-9-3-2-8(12)10(11(9)14)7-4-5-13-6-7/h2-3,7,13-14H,4-6H2,1H3. The van der Waals surface area contributed by atoms with Gasteiger partial charge in [0.05, 0.1) is 7.11 Å². The van der Waals surface area contributed by atoms with E-state index in [4.69, 9.17) is 4.74 Å². The quantitative estimate of drug-likeness (QED) is 0.781. The first-order chi connectivity index (χ1) is 7.24. The number of aromatic hydroxyl groups is 1. The molecule has 1 aromatic rings. The molecule has 0 saturated carbocycles. The number of hydrogen-bond donors (Lipinski definition) is 2. The number of nitrogens with one attached hydrogen (secondary N) is 1. The van der Waals surface area contributed by atoms with E-state index in [0.717, 1.165) is 13.0 Å². The van der Waals surface area contributed by atoms with Gasteiger partial charge in [-0.1, -0.05) is 0 Å². The van der Waals surface area contributed by atoms with Crippen LogP contribution in [0, 0.1) is 5.82 Å². The molecule has 0 aliphatic carbocycles. The van der Waals surface area contributed by atoms with Crippen molar-refractivity contribution < 1.29 is 14.2 Å². The molecule has 15 heavy (non-hydrogen) atoms. The highest BCUT2D eigenvalue weighted by atomic mass is 19.1. The van der Waals surface area contributed by atoms with Crippen molar-refractivity contribution in [3.8, 4) is 11.5 Å². The maximum Gasteiger partial charge on any atom is 0.164 e. The number of rotatable bonds is 2. The Bertz CT molecular complexity index is 362. The molecule has 1 atom stereocenters. The van der Waals surface area contributed by atoms with Crippen LogP contribution in [0.5, 0.6) is 11.5 Å². The summed E-state index contributed by atoms with van der Waals surface area (Å²) in [5.74, 6) is -0.0494. The van der Waals surface area contributed by atoms with Gasteiger partial charge in [0.2, 0.25) is 0 Å². The van der Waals surface area contributed by atoms with E-state index in [0.29, 0.717) is 17.9 Å². The molecule has 4 heteroatoms. The number of halogens is 1. The van der Waals surface area contributed by atoms with Gasteiger partial charge in [0.1, 0.15) is 5.82 Å². The zero-order valence-electron chi connectivity index (χ0n) is 8.59. The van der Waals surface area contributed by atoms with Crippen LogP contribution in [-0.4, -0.2) is 25.3 Å². The van der Waals surface area contributed by atoms with Crippen molar-refractivity contribution in [1.29, 1.82) is 0 Å². The topological polar surface area (TPSA) is 41.5 Å². The molecular formula is C11H14FNO2. The second-order valence-corrected chi connectivity index (χ2v) is 3.70. The molecule has 2 rings (SSSR count). The van der Waals surface area contributed by atoms with Gasteiger partial charge in [0.15, 0.2) is 11.5 Å². The van der Waals surface area contributed by atoms with Crippen molar-refractivity contribution in [1.82, 2.24) is 5.32 Å². The summed E-state index contributed by atoms with van der Waals surface area (Å²) in [4.78, 5) is 0. The average Bonchev–Trinajstić information content (AvgIpc) is 2.71. The lowest BCUT2D eigenvalue weighted by atomic mass is 9.96. The van der Waals surface area contributed by atoms with Gasteiger partial charge in [-0.3, -0.25) is 0 Å². The van der Waals surface area contributed by atoms with Crippen LogP contribution in [0.25, 0.3) is 0 Å². The Morgan fingerprint density at radius 2 is 2.33 bits per heavy atom. The summed E-state index contributed by atoms with van der Waals surface area (Å²) in [5.41, 5.74) is 0.374. The van der Waals surface area contributed by atoms with Crippen molar-refractivity contribution in [2.45, 2.75) is 12.3 Å². The summed E-state index contributed by atoms with van der Waals surface area (Å²) in [5, 5.41) is 13.0. The maximum atomic E-state index is 13.6. The van der Waals surface area contributed by atoms with Crippen LogP contribution in [0.1, 0.15) is 17.9 Å². The van der Waals surface area contributed by atoms with Gasteiger partial charge in [0, 0.05) is 18.0 Å². The molecule has 1 aromatic carbocycles. The first-order valence-electron chi connectivity index (χ1n) is 5.00. The minimum absolute atomic E-state index is 0.0418. The Morgan fingerprint density at radius 3 is 2.93 bits per heavy atom. The Hall–Kier alpha value is -1.29. The van der Waals surface area contributed by atoms with Crippen molar-refractivity contribution in [3.63, 3.8) is 0 Å². The highest BCUT2D eigenvalue weighted by molar-refractivity contribution is 5.48.